The zero-order valence-corrected chi connectivity index (χ0v) is 12.3. The van der Waals surface area contributed by atoms with Crippen molar-refractivity contribution in [3.05, 3.63) is 41.3 Å². The molecule has 0 unspecified atom stereocenters. The molecule has 19 heavy (non-hydrogen) atoms. The number of hydrogen-bond donors (Lipinski definition) is 0. The average molecular weight is 279 g/mol. The zero-order chi connectivity index (χ0) is 13.9. The molecule has 0 aliphatic carbocycles. The highest BCUT2D eigenvalue weighted by Gasteiger charge is 2.28. The first-order chi connectivity index (χ1) is 8.97. The highest BCUT2D eigenvalue weighted by molar-refractivity contribution is 7.92. The quantitative estimate of drug-likeness (QED) is 0.853. The Balaban J connectivity index is 2.12. The minimum absolute atomic E-state index is 0.434. The number of nitrogens with zero attached hydrogens (tertiary/aromatic N) is 1. The Morgan fingerprint density at radius 3 is 2.26 bits per heavy atom. The van der Waals surface area contributed by atoms with Crippen molar-refractivity contribution >= 4 is 16.1 Å². The van der Waals surface area contributed by atoms with E-state index in [-0.39, 0.29) is 0 Å². The predicted octanol–water partition coefficient (Wildman–Crippen LogP) is 2.97. The van der Waals surface area contributed by atoms with E-state index in [1.165, 1.54) is 5.41 Å². The summed E-state index contributed by atoms with van der Waals surface area (Å²) >= 11 is 0. The van der Waals surface area contributed by atoms with Gasteiger partial charge in [-0.2, -0.15) is 4.31 Å². The minimum Gasteiger partial charge on any atom is -0.208 e. The van der Waals surface area contributed by atoms with Crippen LogP contribution in [0.1, 0.15) is 25.8 Å². The van der Waals surface area contributed by atoms with Crippen molar-refractivity contribution in [3.63, 3.8) is 0 Å². The number of rotatable bonds is 3. The smallest absolute Gasteiger partial charge is 0.208 e. The van der Waals surface area contributed by atoms with Gasteiger partial charge in [0.25, 0.3) is 0 Å². The Labute approximate surface area is 116 Å². The van der Waals surface area contributed by atoms with Crippen molar-refractivity contribution in [2.24, 2.45) is 11.8 Å². The molecule has 1 fully saturated rings. The van der Waals surface area contributed by atoms with Crippen molar-refractivity contribution in [1.29, 1.82) is 0 Å². The van der Waals surface area contributed by atoms with E-state index < -0.39 is 10.0 Å². The monoisotopic (exact) mass is 279 g/mol. The highest BCUT2D eigenvalue weighted by atomic mass is 32.2. The molecule has 2 atom stereocenters. The largest absolute Gasteiger partial charge is 0.236 e. The maximum atomic E-state index is 12.3. The lowest BCUT2D eigenvalue weighted by Gasteiger charge is -2.33. The summed E-state index contributed by atoms with van der Waals surface area (Å²) in [6, 6.07) is 9.51. The van der Waals surface area contributed by atoms with Crippen LogP contribution in [0.2, 0.25) is 0 Å². The second kappa shape index (κ2) is 5.88. The van der Waals surface area contributed by atoms with Gasteiger partial charge in [-0.1, -0.05) is 44.2 Å². The number of piperidine rings is 1. The second-order valence-corrected chi connectivity index (χ2v) is 7.34. The molecule has 2 rings (SSSR count). The van der Waals surface area contributed by atoms with Gasteiger partial charge in [-0.05, 0) is 29.9 Å². The third-order valence-corrected chi connectivity index (χ3v) is 4.93. The van der Waals surface area contributed by atoms with E-state index in [4.69, 9.17) is 0 Å². The number of hydrogen-bond acceptors (Lipinski definition) is 2. The zero-order valence-electron chi connectivity index (χ0n) is 11.5. The van der Waals surface area contributed by atoms with Crippen molar-refractivity contribution in [2.75, 3.05) is 13.1 Å². The molecule has 1 aliphatic heterocycles. The topological polar surface area (TPSA) is 37.4 Å². The molecule has 0 aromatic heterocycles. The lowest BCUT2D eigenvalue weighted by atomic mass is 9.94. The Morgan fingerprint density at radius 2 is 1.68 bits per heavy atom. The van der Waals surface area contributed by atoms with E-state index in [9.17, 15) is 8.42 Å². The second-order valence-electron chi connectivity index (χ2n) is 5.52. The molecule has 0 saturated carbocycles. The summed E-state index contributed by atoms with van der Waals surface area (Å²) in [5.41, 5.74) is 0.907. The first-order valence-electron chi connectivity index (χ1n) is 6.70. The molecule has 3 nitrogen and oxygen atoms in total. The van der Waals surface area contributed by atoms with Gasteiger partial charge in [0.1, 0.15) is 0 Å². The summed E-state index contributed by atoms with van der Waals surface area (Å²) < 4.78 is 26.2. The van der Waals surface area contributed by atoms with Crippen molar-refractivity contribution in [3.8, 4) is 0 Å². The van der Waals surface area contributed by atoms with Crippen LogP contribution in [0, 0.1) is 11.8 Å². The van der Waals surface area contributed by atoms with Crippen LogP contribution in [-0.2, 0) is 10.0 Å². The molecule has 4 heteroatoms. The normalized spacial score (nSPS) is 25.8. The number of sulfonamides is 1. The molecule has 0 amide bonds. The van der Waals surface area contributed by atoms with Crippen molar-refractivity contribution in [2.45, 2.75) is 20.3 Å². The maximum absolute atomic E-state index is 12.3. The minimum atomic E-state index is -3.29. The predicted molar refractivity (Wildman–Crippen MR) is 78.9 cm³/mol. The molecule has 0 N–H and O–H groups in total. The van der Waals surface area contributed by atoms with Crippen LogP contribution in [0.15, 0.2) is 35.7 Å². The van der Waals surface area contributed by atoms with E-state index in [0.717, 1.165) is 12.0 Å². The van der Waals surface area contributed by atoms with Gasteiger partial charge in [0.15, 0.2) is 0 Å². The highest BCUT2D eigenvalue weighted by Crippen LogP contribution is 2.24. The van der Waals surface area contributed by atoms with Gasteiger partial charge in [0.2, 0.25) is 10.0 Å². The average Bonchev–Trinajstić information content (AvgIpc) is 2.37. The van der Waals surface area contributed by atoms with Gasteiger partial charge in [0, 0.05) is 18.5 Å². The summed E-state index contributed by atoms with van der Waals surface area (Å²) in [6.07, 6.45) is 2.77. The van der Waals surface area contributed by atoms with E-state index >= 15 is 0 Å². The van der Waals surface area contributed by atoms with Crippen LogP contribution >= 0.6 is 0 Å². The van der Waals surface area contributed by atoms with E-state index in [0.29, 0.717) is 24.9 Å². The third kappa shape index (κ3) is 3.91. The Kier molecular flexibility index (Phi) is 4.42. The lowest BCUT2D eigenvalue weighted by Crippen LogP contribution is -2.41. The lowest BCUT2D eigenvalue weighted by molar-refractivity contribution is 0.224. The van der Waals surface area contributed by atoms with Gasteiger partial charge in [-0.15, -0.1) is 0 Å². The van der Waals surface area contributed by atoms with Crippen LogP contribution < -0.4 is 0 Å². The fourth-order valence-electron chi connectivity index (χ4n) is 2.63. The van der Waals surface area contributed by atoms with Crippen LogP contribution in [0.4, 0.5) is 0 Å². The molecule has 1 aromatic rings. The van der Waals surface area contributed by atoms with Gasteiger partial charge >= 0.3 is 0 Å². The van der Waals surface area contributed by atoms with Gasteiger partial charge in [0.05, 0.1) is 0 Å². The Bertz CT molecular complexity index is 527. The molecule has 0 spiro atoms. The van der Waals surface area contributed by atoms with E-state index in [1.54, 1.807) is 10.4 Å². The number of benzene rings is 1. The van der Waals surface area contributed by atoms with Crippen molar-refractivity contribution < 1.29 is 8.42 Å². The Hall–Kier alpha value is -1.13. The first kappa shape index (κ1) is 14.3. The summed E-state index contributed by atoms with van der Waals surface area (Å²) in [5.74, 6) is 0.868. The van der Waals surface area contributed by atoms with Crippen LogP contribution in [0.5, 0.6) is 0 Å². The molecule has 104 valence electrons. The van der Waals surface area contributed by atoms with Gasteiger partial charge in [-0.3, -0.25) is 0 Å². The van der Waals surface area contributed by atoms with Crippen LogP contribution in [0.3, 0.4) is 0 Å². The molecule has 1 aliphatic rings. The fraction of sp³-hybridized carbons (Fsp3) is 0.467. The molecule has 0 radical (unpaired) electrons. The first-order valence-corrected chi connectivity index (χ1v) is 8.21. The van der Waals surface area contributed by atoms with Gasteiger partial charge in [-0.25, -0.2) is 8.42 Å². The van der Waals surface area contributed by atoms with E-state index in [1.807, 2.05) is 30.3 Å². The third-order valence-electron chi connectivity index (χ3n) is 3.43. The fourth-order valence-corrected chi connectivity index (χ4v) is 4.05. The molecule has 1 saturated heterocycles. The molecular formula is C15H21NO2S. The van der Waals surface area contributed by atoms with Gasteiger partial charge < -0.3 is 0 Å². The summed E-state index contributed by atoms with van der Waals surface area (Å²) in [7, 11) is -3.29. The van der Waals surface area contributed by atoms with Crippen LogP contribution in [0.25, 0.3) is 6.08 Å². The maximum Gasteiger partial charge on any atom is 0.236 e. The Morgan fingerprint density at radius 1 is 1.11 bits per heavy atom. The summed E-state index contributed by atoms with van der Waals surface area (Å²) in [6.45, 7) is 5.48. The molecular weight excluding hydrogens is 258 g/mol. The van der Waals surface area contributed by atoms with Crippen molar-refractivity contribution in [1.82, 2.24) is 4.31 Å². The standard InChI is InChI=1S/C15H21NO2S/c1-13-10-14(2)12-16(11-13)19(17,18)9-8-15-6-4-3-5-7-15/h3-9,13-14H,10-12H2,1-2H3/b9-8+/t13-,14-/m0/s1. The summed E-state index contributed by atoms with van der Waals surface area (Å²) in [4.78, 5) is 0. The van der Waals surface area contributed by atoms with E-state index in [2.05, 4.69) is 13.8 Å². The molecule has 1 aromatic carbocycles. The molecule has 1 heterocycles. The van der Waals surface area contributed by atoms with Crippen LogP contribution in [-0.4, -0.2) is 25.8 Å². The SMILES string of the molecule is C[C@H]1C[C@H](C)CN(S(=O)(=O)/C=C/c2ccccc2)C1. The molecule has 0 bridgehead atoms. The summed E-state index contributed by atoms with van der Waals surface area (Å²) in [5, 5.41) is 1.33.